The maximum atomic E-state index is 11.7. The van der Waals surface area contributed by atoms with Gasteiger partial charge in [0.2, 0.25) is 5.91 Å². The fourth-order valence-corrected chi connectivity index (χ4v) is 1.38. The van der Waals surface area contributed by atoms with Crippen molar-refractivity contribution in [1.82, 2.24) is 4.90 Å². The van der Waals surface area contributed by atoms with E-state index < -0.39 is 17.7 Å². The van der Waals surface area contributed by atoms with E-state index in [1.165, 1.54) is 31.2 Å². The molecule has 0 saturated heterocycles. The maximum absolute atomic E-state index is 11.7. The lowest BCUT2D eigenvalue weighted by Gasteiger charge is -2.17. The first kappa shape index (κ1) is 14.7. The highest BCUT2D eigenvalue weighted by molar-refractivity contribution is 6.41. The lowest BCUT2D eigenvalue weighted by molar-refractivity contribution is -0.149. The molecule has 0 fully saturated rings. The zero-order valence-corrected chi connectivity index (χ0v) is 10.4. The molecule has 0 saturated carbocycles. The Morgan fingerprint density at radius 2 is 1.84 bits per heavy atom. The number of aromatic hydroxyl groups is 1. The van der Waals surface area contributed by atoms with E-state index >= 15 is 0 Å². The number of hydrogen-bond acceptors (Lipinski definition) is 5. The van der Waals surface area contributed by atoms with Crippen LogP contribution in [0.2, 0.25) is 0 Å². The Kier molecular flexibility index (Phi) is 5.01. The van der Waals surface area contributed by atoms with Gasteiger partial charge in [0.15, 0.2) is 0 Å². The lowest BCUT2D eigenvalue weighted by atomic mass is 10.3. The molecule has 0 aliphatic carbocycles. The number of carbonyl (C=O) groups is 3. The number of nitrogens with two attached hydrogens (primary N) is 1. The monoisotopic (exact) mass is 265 g/mol. The summed E-state index contributed by atoms with van der Waals surface area (Å²) in [5.41, 5.74) is 5.61. The highest BCUT2D eigenvalue weighted by atomic mass is 16.3. The standard InChI is InChI=1S/C12H15N3O4/c1-8(16)15(7-6-13)12(19)11(18)14-9-2-4-10(17)5-3-9/h2-5,17H,6-7,13H2,1H3,(H,14,18). The Morgan fingerprint density at radius 3 is 2.32 bits per heavy atom. The number of benzene rings is 1. The van der Waals surface area contributed by atoms with Gasteiger partial charge in [0.25, 0.3) is 0 Å². The first-order valence-corrected chi connectivity index (χ1v) is 5.58. The summed E-state index contributed by atoms with van der Waals surface area (Å²) >= 11 is 0. The van der Waals surface area contributed by atoms with Crippen LogP contribution in [0.3, 0.4) is 0 Å². The summed E-state index contributed by atoms with van der Waals surface area (Å²) in [4.78, 5) is 35.4. The summed E-state index contributed by atoms with van der Waals surface area (Å²) in [6.45, 7) is 1.25. The van der Waals surface area contributed by atoms with E-state index in [4.69, 9.17) is 10.8 Å². The number of nitrogens with zero attached hydrogens (tertiary/aromatic N) is 1. The summed E-state index contributed by atoms with van der Waals surface area (Å²) in [6.07, 6.45) is 0. The number of imide groups is 1. The van der Waals surface area contributed by atoms with Crippen LogP contribution in [0, 0.1) is 0 Å². The van der Waals surface area contributed by atoms with E-state index in [1.54, 1.807) is 0 Å². The number of hydrogen-bond donors (Lipinski definition) is 3. The molecule has 7 heteroatoms. The van der Waals surface area contributed by atoms with Gasteiger partial charge >= 0.3 is 11.8 Å². The summed E-state index contributed by atoms with van der Waals surface area (Å²) in [6, 6.07) is 5.59. The Bertz CT molecular complexity index is 484. The van der Waals surface area contributed by atoms with Crippen LogP contribution in [-0.4, -0.2) is 40.8 Å². The van der Waals surface area contributed by atoms with Crippen molar-refractivity contribution in [3.05, 3.63) is 24.3 Å². The minimum absolute atomic E-state index is 0.0167. The molecule has 7 nitrogen and oxygen atoms in total. The van der Waals surface area contributed by atoms with Gasteiger partial charge in [-0.2, -0.15) is 0 Å². The number of amides is 3. The van der Waals surface area contributed by atoms with Gasteiger partial charge in [-0.15, -0.1) is 0 Å². The van der Waals surface area contributed by atoms with Crippen molar-refractivity contribution in [3.63, 3.8) is 0 Å². The van der Waals surface area contributed by atoms with E-state index in [2.05, 4.69) is 5.32 Å². The summed E-state index contributed by atoms with van der Waals surface area (Å²) in [7, 11) is 0. The molecular formula is C12H15N3O4. The summed E-state index contributed by atoms with van der Waals surface area (Å²) in [5.74, 6) is -2.41. The van der Waals surface area contributed by atoms with E-state index in [1.807, 2.05) is 0 Å². The Balaban J connectivity index is 2.73. The topological polar surface area (TPSA) is 113 Å². The quantitative estimate of drug-likeness (QED) is 0.511. The third-order valence-corrected chi connectivity index (χ3v) is 2.30. The van der Waals surface area contributed by atoms with Crippen molar-refractivity contribution in [2.45, 2.75) is 6.92 Å². The van der Waals surface area contributed by atoms with E-state index in [0.29, 0.717) is 5.69 Å². The van der Waals surface area contributed by atoms with Crippen molar-refractivity contribution in [2.24, 2.45) is 5.73 Å². The van der Waals surface area contributed by atoms with Crippen LogP contribution in [-0.2, 0) is 14.4 Å². The van der Waals surface area contributed by atoms with E-state index in [9.17, 15) is 14.4 Å². The smallest absolute Gasteiger partial charge is 0.318 e. The van der Waals surface area contributed by atoms with Gasteiger partial charge in [0.05, 0.1) is 0 Å². The SMILES string of the molecule is CC(=O)N(CCN)C(=O)C(=O)Nc1ccc(O)cc1. The average molecular weight is 265 g/mol. The van der Waals surface area contributed by atoms with Crippen LogP contribution in [0.25, 0.3) is 0 Å². The van der Waals surface area contributed by atoms with Crippen LogP contribution in [0.15, 0.2) is 24.3 Å². The molecule has 102 valence electrons. The van der Waals surface area contributed by atoms with Crippen molar-refractivity contribution < 1.29 is 19.5 Å². The van der Waals surface area contributed by atoms with Gasteiger partial charge in [-0.05, 0) is 24.3 Å². The minimum atomic E-state index is -0.967. The Hall–Kier alpha value is -2.41. The van der Waals surface area contributed by atoms with Crippen LogP contribution in [0.1, 0.15) is 6.92 Å². The highest BCUT2D eigenvalue weighted by Crippen LogP contribution is 2.13. The Morgan fingerprint density at radius 1 is 1.26 bits per heavy atom. The molecule has 0 unspecified atom stereocenters. The molecule has 4 N–H and O–H groups in total. The molecule has 1 rings (SSSR count). The predicted molar refractivity (Wildman–Crippen MR) is 68.2 cm³/mol. The molecule has 0 aliphatic heterocycles. The van der Waals surface area contributed by atoms with Crippen LogP contribution in [0.4, 0.5) is 5.69 Å². The largest absolute Gasteiger partial charge is 0.508 e. The van der Waals surface area contributed by atoms with Gasteiger partial charge in [-0.3, -0.25) is 19.3 Å². The molecule has 0 aliphatic rings. The number of carbonyl (C=O) groups excluding carboxylic acids is 3. The molecular weight excluding hydrogens is 250 g/mol. The number of phenolic OH excluding ortho intramolecular Hbond substituents is 1. The number of nitrogens with one attached hydrogen (secondary N) is 1. The molecule has 0 atom stereocenters. The molecule has 0 bridgehead atoms. The second kappa shape index (κ2) is 6.50. The van der Waals surface area contributed by atoms with Gasteiger partial charge < -0.3 is 16.2 Å². The molecule has 0 heterocycles. The van der Waals surface area contributed by atoms with Gasteiger partial charge in [0, 0.05) is 25.7 Å². The van der Waals surface area contributed by atoms with Crippen molar-refractivity contribution in [3.8, 4) is 5.75 Å². The zero-order chi connectivity index (χ0) is 14.4. The van der Waals surface area contributed by atoms with E-state index in [0.717, 1.165) is 4.90 Å². The predicted octanol–water partition coefficient (Wildman–Crippen LogP) is -0.336. The first-order chi connectivity index (χ1) is 8.95. The number of rotatable bonds is 3. The highest BCUT2D eigenvalue weighted by Gasteiger charge is 2.24. The normalized spacial score (nSPS) is 9.79. The minimum Gasteiger partial charge on any atom is -0.508 e. The van der Waals surface area contributed by atoms with Crippen LogP contribution in [0.5, 0.6) is 5.75 Å². The van der Waals surface area contributed by atoms with Crippen molar-refractivity contribution in [2.75, 3.05) is 18.4 Å². The van der Waals surface area contributed by atoms with Gasteiger partial charge in [-0.1, -0.05) is 0 Å². The molecule has 3 amide bonds. The third kappa shape index (κ3) is 4.07. The third-order valence-electron chi connectivity index (χ3n) is 2.30. The molecule has 0 spiro atoms. The van der Waals surface area contributed by atoms with Crippen LogP contribution < -0.4 is 11.1 Å². The Labute approximate surface area is 110 Å². The van der Waals surface area contributed by atoms with Crippen LogP contribution >= 0.6 is 0 Å². The number of phenols is 1. The van der Waals surface area contributed by atoms with Gasteiger partial charge in [0.1, 0.15) is 5.75 Å². The van der Waals surface area contributed by atoms with Crippen molar-refractivity contribution in [1.29, 1.82) is 0 Å². The number of anilines is 1. The molecule has 1 aromatic carbocycles. The zero-order valence-electron chi connectivity index (χ0n) is 10.4. The summed E-state index contributed by atoms with van der Waals surface area (Å²) in [5, 5.41) is 11.4. The maximum Gasteiger partial charge on any atom is 0.318 e. The fourth-order valence-electron chi connectivity index (χ4n) is 1.38. The van der Waals surface area contributed by atoms with E-state index in [-0.39, 0.29) is 18.8 Å². The van der Waals surface area contributed by atoms with Gasteiger partial charge in [-0.25, -0.2) is 0 Å². The molecule has 1 aromatic rings. The lowest BCUT2D eigenvalue weighted by Crippen LogP contribution is -2.44. The average Bonchev–Trinajstić information content (AvgIpc) is 2.37. The summed E-state index contributed by atoms with van der Waals surface area (Å²) < 4.78 is 0. The second-order valence-corrected chi connectivity index (χ2v) is 3.77. The molecule has 19 heavy (non-hydrogen) atoms. The molecule has 0 aromatic heterocycles. The van der Waals surface area contributed by atoms with Crippen molar-refractivity contribution >= 4 is 23.4 Å². The first-order valence-electron chi connectivity index (χ1n) is 5.58. The fraction of sp³-hybridized carbons (Fsp3) is 0.250. The second-order valence-electron chi connectivity index (χ2n) is 3.77. The molecule has 0 radical (unpaired) electrons.